The summed E-state index contributed by atoms with van der Waals surface area (Å²) in [5.74, 6) is 1.89. The van der Waals surface area contributed by atoms with Gasteiger partial charge in [0.1, 0.15) is 11.6 Å². The minimum Gasteiger partial charge on any atom is -0.493 e. The Hall–Kier alpha value is -2.82. The number of aryl methyl sites for hydroxylation is 2. The number of nitrogens with zero attached hydrogens (tertiary/aromatic N) is 2. The average molecular weight is 351 g/mol. The van der Waals surface area contributed by atoms with Crippen molar-refractivity contribution in [3.05, 3.63) is 59.9 Å². The van der Waals surface area contributed by atoms with Crippen molar-refractivity contribution in [1.82, 2.24) is 14.9 Å². The summed E-state index contributed by atoms with van der Waals surface area (Å²) in [5.41, 5.74) is 3.08. The van der Waals surface area contributed by atoms with E-state index in [0.717, 1.165) is 34.6 Å². The molecule has 3 aromatic rings. The SMILES string of the molecule is Cc1ccccc1OCCCN(C)C(=O)CCc1nc2ccccc2[nH]1. The fraction of sp³-hybridized carbons (Fsp3) is 0.333. The van der Waals surface area contributed by atoms with E-state index in [1.165, 1.54) is 0 Å². The van der Waals surface area contributed by atoms with E-state index >= 15 is 0 Å². The Morgan fingerprint density at radius 3 is 2.73 bits per heavy atom. The van der Waals surface area contributed by atoms with Crippen molar-refractivity contribution in [2.45, 2.75) is 26.2 Å². The molecule has 1 N–H and O–H groups in total. The molecular formula is C21H25N3O2. The van der Waals surface area contributed by atoms with Crippen LogP contribution >= 0.6 is 0 Å². The number of carbonyl (C=O) groups excluding carboxylic acids is 1. The molecule has 5 heteroatoms. The zero-order valence-corrected chi connectivity index (χ0v) is 15.4. The van der Waals surface area contributed by atoms with Crippen LogP contribution in [0.3, 0.4) is 0 Å². The van der Waals surface area contributed by atoms with Gasteiger partial charge in [-0.15, -0.1) is 0 Å². The van der Waals surface area contributed by atoms with E-state index in [0.29, 0.717) is 26.0 Å². The van der Waals surface area contributed by atoms with Crippen LogP contribution in [0.2, 0.25) is 0 Å². The van der Waals surface area contributed by atoms with Gasteiger partial charge in [0.05, 0.1) is 17.6 Å². The van der Waals surface area contributed by atoms with Gasteiger partial charge in [0.2, 0.25) is 5.91 Å². The molecule has 0 radical (unpaired) electrons. The molecule has 1 heterocycles. The van der Waals surface area contributed by atoms with Gasteiger partial charge in [0.25, 0.3) is 0 Å². The summed E-state index contributed by atoms with van der Waals surface area (Å²) >= 11 is 0. The highest BCUT2D eigenvalue weighted by molar-refractivity contribution is 5.77. The molecule has 0 saturated carbocycles. The lowest BCUT2D eigenvalue weighted by molar-refractivity contribution is -0.130. The van der Waals surface area contributed by atoms with Crippen LogP contribution < -0.4 is 4.74 Å². The third-order valence-corrected chi connectivity index (χ3v) is 4.43. The molecule has 0 aliphatic heterocycles. The summed E-state index contributed by atoms with van der Waals surface area (Å²) in [6.07, 6.45) is 1.88. The van der Waals surface area contributed by atoms with Gasteiger partial charge in [-0.2, -0.15) is 0 Å². The van der Waals surface area contributed by atoms with Gasteiger partial charge < -0.3 is 14.6 Å². The molecule has 0 saturated heterocycles. The molecule has 0 atom stereocenters. The molecular weight excluding hydrogens is 326 g/mol. The topological polar surface area (TPSA) is 58.2 Å². The second kappa shape index (κ2) is 8.52. The molecule has 0 spiro atoms. The number of rotatable bonds is 8. The number of ether oxygens (including phenoxy) is 1. The molecule has 3 rings (SSSR count). The molecule has 0 unspecified atom stereocenters. The highest BCUT2D eigenvalue weighted by Crippen LogP contribution is 2.16. The van der Waals surface area contributed by atoms with Crippen molar-refractivity contribution >= 4 is 16.9 Å². The van der Waals surface area contributed by atoms with Crippen molar-refractivity contribution in [3.63, 3.8) is 0 Å². The fourth-order valence-electron chi connectivity index (χ4n) is 2.87. The minimum absolute atomic E-state index is 0.126. The Bertz CT molecular complexity index is 839. The molecule has 2 aromatic carbocycles. The number of H-pyrrole nitrogens is 1. The van der Waals surface area contributed by atoms with E-state index in [9.17, 15) is 4.79 Å². The molecule has 1 amide bonds. The number of fused-ring (bicyclic) bond motifs is 1. The van der Waals surface area contributed by atoms with Crippen LogP contribution in [0.5, 0.6) is 5.75 Å². The Morgan fingerprint density at radius 2 is 1.92 bits per heavy atom. The normalized spacial score (nSPS) is 10.8. The average Bonchev–Trinajstić information content (AvgIpc) is 3.07. The second-order valence-electron chi connectivity index (χ2n) is 6.48. The summed E-state index contributed by atoms with van der Waals surface area (Å²) in [7, 11) is 1.84. The summed E-state index contributed by atoms with van der Waals surface area (Å²) in [5, 5.41) is 0. The van der Waals surface area contributed by atoms with E-state index in [1.54, 1.807) is 4.90 Å². The maximum atomic E-state index is 12.3. The van der Waals surface area contributed by atoms with E-state index < -0.39 is 0 Å². The zero-order chi connectivity index (χ0) is 18.4. The highest BCUT2D eigenvalue weighted by atomic mass is 16.5. The summed E-state index contributed by atoms with van der Waals surface area (Å²) < 4.78 is 5.78. The predicted molar refractivity (Wildman–Crippen MR) is 103 cm³/mol. The number of aromatic nitrogens is 2. The monoisotopic (exact) mass is 351 g/mol. The van der Waals surface area contributed by atoms with Crippen LogP contribution in [0.25, 0.3) is 11.0 Å². The Balaban J connectivity index is 1.39. The molecule has 0 fully saturated rings. The summed E-state index contributed by atoms with van der Waals surface area (Å²) in [6, 6.07) is 15.9. The third kappa shape index (κ3) is 4.63. The molecule has 0 aliphatic carbocycles. The molecule has 26 heavy (non-hydrogen) atoms. The Labute approximate surface area is 154 Å². The van der Waals surface area contributed by atoms with Crippen LogP contribution in [0.15, 0.2) is 48.5 Å². The standard InChI is InChI=1S/C21H25N3O2/c1-16-8-3-6-11-19(16)26-15-7-14-24(2)21(25)13-12-20-22-17-9-4-5-10-18(17)23-20/h3-6,8-11H,7,12-15H2,1-2H3,(H,22,23). The Morgan fingerprint density at radius 1 is 1.15 bits per heavy atom. The van der Waals surface area contributed by atoms with Crippen LogP contribution in [-0.4, -0.2) is 41.0 Å². The maximum Gasteiger partial charge on any atom is 0.222 e. The first kappa shape index (κ1) is 18.0. The fourth-order valence-corrected chi connectivity index (χ4v) is 2.87. The van der Waals surface area contributed by atoms with Crippen molar-refractivity contribution in [3.8, 4) is 5.75 Å². The van der Waals surface area contributed by atoms with E-state index in [2.05, 4.69) is 9.97 Å². The van der Waals surface area contributed by atoms with E-state index in [1.807, 2.05) is 62.5 Å². The number of amides is 1. The van der Waals surface area contributed by atoms with Crippen molar-refractivity contribution in [1.29, 1.82) is 0 Å². The van der Waals surface area contributed by atoms with Crippen LogP contribution in [0, 0.1) is 6.92 Å². The predicted octanol–water partition coefficient (Wildman–Crippen LogP) is 3.73. The first-order valence-electron chi connectivity index (χ1n) is 8.99. The maximum absolute atomic E-state index is 12.3. The van der Waals surface area contributed by atoms with E-state index in [-0.39, 0.29) is 5.91 Å². The number of aromatic amines is 1. The first-order chi connectivity index (χ1) is 12.6. The Kier molecular flexibility index (Phi) is 5.89. The van der Waals surface area contributed by atoms with Gasteiger partial charge >= 0.3 is 0 Å². The number of para-hydroxylation sites is 3. The number of nitrogens with one attached hydrogen (secondary N) is 1. The minimum atomic E-state index is 0.126. The van der Waals surface area contributed by atoms with Gasteiger partial charge in [0, 0.05) is 26.4 Å². The zero-order valence-electron chi connectivity index (χ0n) is 15.4. The molecule has 0 bridgehead atoms. The largest absolute Gasteiger partial charge is 0.493 e. The summed E-state index contributed by atoms with van der Waals surface area (Å²) in [4.78, 5) is 21.8. The van der Waals surface area contributed by atoms with Gasteiger partial charge in [-0.3, -0.25) is 4.79 Å². The van der Waals surface area contributed by atoms with Gasteiger partial charge in [-0.25, -0.2) is 4.98 Å². The molecule has 136 valence electrons. The number of hydrogen-bond acceptors (Lipinski definition) is 3. The lowest BCUT2D eigenvalue weighted by atomic mass is 10.2. The number of hydrogen-bond donors (Lipinski definition) is 1. The lowest BCUT2D eigenvalue weighted by Gasteiger charge is -2.17. The van der Waals surface area contributed by atoms with Crippen molar-refractivity contribution in [2.75, 3.05) is 20.2 Å². The molecule has 0 aliphatic rings. The molecule has 1 aromatic heterocycles. The number of carbonyl (C=O) groups is 1. The van der Waals surface area contributed by atoms with Crippen molar-refractivity contribution in [2.24, 2.45) is 0 Å². The smallest absolute Gasteiger partial charge is 0.222 e. The summed E-state index contributed by atoms with van der Waals surface area (Å²) in [6.45, 7) is 3.32. The molecule has 5 nitrogen and oxygen atoms in total. The van der Waals surface area contributed by atoms with Crippen LogP contribution in [-0.2, 0) is 11.2 Å². The van der Waals surface area contributed by atoms with Crippen molar-refractivity contribution < 1.29 is 9.53 Å². The quantitative estimate of drug-likeness (QED) is 0.629. The van der Waals surface area contributed by atoms with E-state index in [4.69, 9.17) is 4.74 Å². The van der Waals surface area contributed by atoms with Crippen LogP contribution in [0.1, 0.15) is 24.2 Å². The van der Waals surface area contributed by atoms with Crippen LogP contribution in [0.4, 0.5) is 0 Å². The third-order valence-electron chi connectivity index (χ3n) is 4.43. The van der Waals surface area contributed by atoms with Gasteiger partial charge in [0.15, 0.2) is 0 Å². The first-order valence-corrected chi connectivity index (χ1v) is 8.99. The lowest BCUT2D eigenvalue weighted by Crippen LogP contribution is -2.28. The van der Waals surface area contributed by atoms with Gasteiger partial charge in [-0.05, 0) is 37.1 Å². The number of imidazole rings is 1. The second-order valence-corrected chi connectivity index (χ2v) is 6.48. The highest BCUT2D eigenvalue weighted by Gasteiger charge is 2.10. The number of benzene rings is 2. The van der Waals surface area contributed by atoms with Gasteiger partial charge in [-0.1, -0.05) is 30.3 Å².